The summed E-state index contributed by atoms with van der Waals surface area (Å²) in [4.78, 5) is 0. The first-order valence-corrected chi connectivity index (χ1v) is 9.39. The highest BCUT2D eigenvalue weighted by atomic mass is 16.2. The van der Waals surface area contributed by atoms with E-state index in [-0.39, 0.29) is 0 Å². The Labute approximate surface area is 152 Å². The summed E-state index contributed by atoms with van der Waals surface area (Å²) < 4.78 is 0. The lowest BCUT2D eigenvalue weighted by atomic mass is 10.2. The van der Waals surface area contributed by atoms with Crippen molar-refractivity contribution in [3.05, 3.63) is 71.8 Å². The molecule has 0 amide bonds. The molecule has 2 rings (SSSR count). The first-order valence-electron chi connectivity index (χ1n) is 9.39. The molecule has 1 heteroatoms. The van der Waals surface area contributed by atoms with E-state index in [1.54, 1.807) is 0 Å². The lowest BCUT2D eigenvalue weighted by Crippen LogP contribution is -1.73. The van der Waals surface area contributed by atoms with Crippen molar-refractivity contribution in [1.82, 2.24) is 0 Å². The van der Waals surface area contributed by atoms with Crippen LogP contribution in [0.1, 0.15) is 66.5 Å². The predicted octanol–water partition coefficient (Wildman–Crippen LogP) is 7.19. The van der Waals surface area contributed by atoms with Crippen molar-refractivity contribution in [2.75, 3.05) is 7.11 Å². The average Bonchev–Trinajstić information content (AvgIpc) is 2.75. The fraction of sp³-hybridized carbons (Fsp3) is 0.478. The summed E-state index contributed by atoms with van der Waals surface area (Å²) in [5, 5.41) is 7.00. The number of rotatable bonds is 2. The van der Waals surface area contributed by atoms with Crippen molar-refractivity contribution in [1.29, 1.82) is 0 Å². The molecule has 140 valence electrons. The van der Waals surface area contributed by atoms with Crippen LogP contribution in [0, 0.1) is 0 Å². The Morgan fingerprint density at radius 1 is 0.500 bits per heavy atom. The molecule has 0 saturated heterocycles. The van der Waals surface area contributed by atoms with Crippen LogP contribution >= 0.6 is 0 Å². The molecular weight excluding hydrogens is 292 g/mol. The Kier molecular flexibility index (Phi) is 41.8. The zero-order chi connectivity index (χ0) is 19.6. The van der Waals surface area contributed by atoms with Gasteiger partial charge in [0.15, 0.2) is 0 Å². The zero-order valence-electron chi connectivity index (χ0n) is 17.6. The standard InChI is InChI=1S/2C8H10.3C2H6.CH4O/c2*1-2-8-6-4-3-5-7-8;4*1-2/h2*3-7H,2H2,1H3;3*1-2H3;2H,1H3. The van der Waals surface area contributed by atoms with Crippen molar-refractivity contribution >= 4 is 0 Å². The second-order valence-electron chi connectivity index (χ2n) is 3.68. The Balaban J connectivity index is -0.000000118. The van der Waals surface area contributed by atoms with Crippen molar-refractivity contribution in [2.45, 2.75) is 68.2 Å². The topological polar surface area (TPSA) is 20.2 Å². The van der Waals surface area contributed by atoms with Gasteiger partial charge in [-0.1, -0.05) is 116 Å². The van der Waals surface area contributed by atoms with E-state index in [9.17, 15) is 0 Å². The molecule has 0 heterocycles. The van der Waals surface area contributed by atoms with Gasteiger partial charge in [0.25, 0.3) is 0 Å². The number of benzene rings is 2. The quantitative estimate of drug-likeness (QED) is 0.616. The summed E-state index contributed by atoms with van der Waals surface area (Å²) in [6.45, 7) is 16.3. The predicted molar refractivity (Wildman–Crippen MR) is 114 cm³/mol. The van der Waals surface area contributed by atoms with Crippen molar-refractivity contribution in [2.24, 2.45) is 0 Å². The minimum Gasteiger partial charge on any atom is -0.400 e. The number of aliphatic hydroxyl groups excluding tert-OH is 1. The Bertz CT molecular complexity index is 328. The molecule has 0 unspecified atom stereocenters. The zero-order valence-corrected chi connectivity index (χ0v) is 17.6. The summed E-state index contributed by atoms with van der Waals surface area (Å²) in [5.41, 5.74) is 2.82. The van der Waals surface area contributed by atoms with E-state index in [1.165, 1.54) is 11.1 Å². The molecule has 24 heavy (non-hydrogen) atoms. The lowest BCUT2D eigenvalue weighted by Gasteiger charge is -1.89. The van der Waals surface area contributed by atoms with Crippen LogP contribution in [-0.2, 0) is 12.8 Å². The highest BCUT2D eigenvalue weighted by Crippen LogP contribution is 1.97. The van der Waals surface area contributed by atoms with E-state index in [0.29, 0.717) is 0 Å². The normalized spacial score (nSPS) is 7.08. The van der Waals surface area contributed by atoms with Crippen molar-refractivity contribution in [3.8, 4) is 0 Å². The average molecular weight is 335 g/mol. The summed E-state index contributed by atoms with van der Waals surface area (Å²) in [6, 6.07) is 20.9. The smallest absolute Gasteiger partial charge is 0.0319 e. The van der Waals surface area contributed by atoms with Gasteiger partial charge >= 0.3 is 0 Å². The van der Waals surface area contributed by atoms with E-state index in [0.717, 1.165) is 20.0 Å². The van der Waals surface area contributed by atoms with Gasteiger partial charge in [-0.3, -0.25) is 0 Å². The molecule has 2 aromatic rings. The molecule has 0 aromatic heterocycles. The van der Waals surface area contributed by atoms with E-state index < -0.39 is 0 Å². The molecule has 0 bridgehead atoms. The minimum atomic E-state index is 1.00. The highest BCUT2D eigenvalue weighted by Gasteiger charge is 1.80. The van der Waals surface area contributed by atoms with Gasteiger partial charge in [-0.05, 0) is 24.0 Å². The third-order valence-corrected chi connectivity index (χ3v) is 2.50. The van der Waals surface area contributed by atoms with E-state index in [1.807, 2.05) is 53.7 Å². The third kappa shape index (κ3) is 22.7. The first-order chi connectivity index (χ1) is 11.9. The molecule has 0 radical (unpaired) electrons. The van der Waals surface area contributed by atoms with Crippen molar-refractivity contribution in [3.63, 3.8) is 0 Å². The molecule has 1 nitrogen and oxygen atoms in total. The SMILES string of the molecule is CC.CC.CC.CCc1ccccc1.CCc1ccccc1.CO. The summed E-state index contributed by atoms with van der Waals surface area (Å²) in [5.74, 6) is 0. The minimum absolute atomic E-state index is 1.00. The maximum absolute atomic E-state index is 7.00. The van der Waals surface area contributed by atoms with Crippen molar-refractivity contribution < 1.29 is 5.11 Å². The molecule has 0 aliphatic heterocycles. The summed E-state index contributed by atoms with van der Waals surface area (Å²) in [6.07, 6.45) is 2.28. The van der Waals surface area contributed by atoms with E-state index in [4.69, 9.17) is 5.11 Å². The summed E-state index contributed by atoms with van der Waals surface area (Å²) >= 11 is 0. The van der Waals surface area contributed by atoms with Gasteiger partial charge in [-0.15, -0.1) is 0 Å². The largest absolute Gasteiger partial charge is 0.400 e. The van der Waals surface area contributed by atoms with Crippen LogP contribution in [-0.4, -0.2) is 12.2 Å². The maximum Gasteiger partial charge on any atom is 0.0319 e. The fourth-order valence-corrected chi connectivity index (χ4v) is 1.43. The van der Waals surface area contributed by atoms with Gasteiger partial charge in [0.2, 0.25) is 0 Å². The second-order valence-corrected chi connectivity index (χ2v) is 3.68. The Morgan fingerprint density at radius 3 is 0.833 bits per heavy atom. The number of aliphatic hydroxyl groups is 1. The van der Waals surface area contributed by atoms with Gasteiger partial charge in [-0.2, -0.15) is 0 Å². The monoisotopic (exact) mass is 334 g/mol. The number of hydrogen-bond acceptors (Lipinski definition) is 1. The summed E-state index contributed by atoms with van der Waals surface area (Å²) in [7, 11) is 1.00. The van der Waals surface area contributed by atoms with Gasteiger partial charge in [0.05, 0.1) is 0 Å². The van der Waals surface area contributed by atoms with Crippen LogP contribution in [0.5, 0.6) is 0 Å². The molecule has 0 aliphatic rings. The van der Waals surface area contributed by atoms with Gasteiger partial charge < -0.3 is 5.11 Å². The van der Waals surface area contributed by atoms with Crippen LogP contribution in [0.25, 0.3) is 0 Å². The lowest BCUT2D eigenvalue weighted by molar-refractivity contribution is 0.399. The molecule has 2 aromatic carbocycles. The van der Waals surface area contributed by atoms with E-state index in [2.05, 4.69) is 62.4 Å². The van der Waals surface area contributed by atoms with Gasteiger partial charge in [0, 0.05) is 7.11 Å². The molecule has 0 atom stereocenters. The van der Waals surface area contributed by atoms with Crippen LogP contribution < -0.4 is 0 Å². The van der Waals surface area contributed by atoms with Crippen LogP contribution in [0.2, 0.25) is 0 Å². The molecule has 1 N–H and O–H groups in total. The van der Waals surface area contributed by atoms with Crippen LogP contribution in [0.4, 0.5) is 0 Å². The van der Waals surface area contributed by atoms with Gasteiger partial charge in [0.1, 0.15) is 0 Å². The number of hydrogen-bond donors (Lipinski definition) is 1. The molecule has 0 aliphatic carbocycles. The Morgan fingerprint density at radius 2 is 0.708 bits per heavy atom. The van der Waals surface area contributed by atoms with E-state index >= 15 is 0 Å². The Hall–Kier alpha value is -1.60. The fourth-order valence-electron chi connectivity index (χ4n) is 1.43. The second kappa shape index (κ2) is 33.1. The van der Waals surface area contributed by atoms with Crippen LogP contribution in [0.3, 0.4) is 0 Å². The molecule has 0 fully saturated rings. The highest BCUT2D eigenvalue weighted by molar-refractivity contribution is 5.14. The third-order valence-electron chi connectivity index (χ3n) is 2.50. The molecule has 0 saturated carbocycles. The first kappa shape index (κ1) is 30.3. The number of aryl methyl sites for hydroxylation is 2. The molecule has 0 spiro atoms. The maximum atomic E-state index is 7.00. The van der Waals surface area contributed by atoms with Gasteiger partial charge in [-0.25, -0.2) is 0 Å². The molecular formula is C23H42O. The van der Waals surface area contributed by atoms with Crippen LogP contribution in [0.15, 0.2) is 60.7 Å².